The van der Waals surface area contributed by atoms with Crippen LogP contribution < -0.4 is 0 Å². The molecule has 0 radical (unpaired) electrons. The molecule has 1 unspecified atom stereocenters. The normalized spacial score (nSPS) is 23.8. The van der Waals surface area contributed by atoms with Gasteiger partial charge in [-0.2, -0.15) is 11.8 Å². The van der Waals surface area contributed by atoms with E-state index in [1.165, 1.54) is 43.6 Å². The summed E-state index contributed by atoms with van der Waals surface area (Å²) < 4.78 is 0. The maximum absolute atomic E-state index is 6.15. The van der Waals surface area contributed by atoms with Crippen LogP contribution in [0.15, 0.2) is 11.6 Å². The predicted molar refractivity (Wildman–Crippen MR) is 63.8 cm³/mol. The van der Waals surface area contributed by atoms with E-state index >= 15 is 0 Å². The average Bonchev–Trinajstić information content (AvgIpc) is 2.31. The molecule has 13 heavy (non-hydrogen) atoms. The van der Waals surface area contributed by atoms with Crippen LogP contribution in [0.3, 0.4) is 0 Å². The van der Waals surface area contributed by atoms with Gasteiger partial charge in [0.05, 0.1) is 5.38 Å². The SMILES string of the molecule is CCSCCC1=CC(Cl)CCCC1. The molecule has 1 aliphatic carbocycles. The second-order valence-corrected chi connectivity index (χ2v) is 5.49. The Morgan fingerprint density at radius 2 is 2.38 bits per heavy atom. The van der Waals surface area contributed by atoms with Gasteiger partial charge in [0.2, 0.25) is 0 Å². The molecule has 0 amide bonds. The molecule has 0 fully saturated rings. The van der Waals surface area contributed by atoms with Gasteiger partial charge in [0.1, 0.15) is 0 Å². The van der Waals surface area contributed by atoms with E-state index < -0.39 is 0 Å². The number of hydrogen-bond acceptors (Lipinski definition) is 1. The maximum atomic E-state index is 6.15. The Labute approximate surface area is 91.1 Å². The molecule has 0 N–H and O–H groups in total. The zero-order chi connectivity index (χ0) is 9.52. The van der Waals surface area contributed by atoms with Crippen LogP contribution in [-0.2, 0) is 0 Å². The topological polar surface area (TPSA) is 0 Å². The van der Waals surface area contributed by atoms with Gasteiger partial charge in [-0.15, -0.1) is 11.6 Å². The summed E-state index contributed by atoms with van der Waals surface area (Å²) in [5.74, 6) is 2.50. The molecule has 1 atom stereocenters. The van der Waals surface area contributed by atoms with Crippen LogP contribution in [0.4, 0.5) is 0 Å². The standard InChI is InChI=1S/C11H19ClS/c1-2-13-8-7-10-5-3-4-6-11(12)9-10/h9,11H,2-8H2,1H3. The summed E-state index contributed by atoms with van der Waals surface area (Å²) in [6.07, 6.45) is 8.65. The number of hydrogen-bond donors (Lipinski definition) is 0. The number of allylic oxidation sites excluding steroid dienone is 2. The van der Waals surface area contributed by atoms with Gasteiger partial charge in [-0.3, -0.25) is 0 Å². The van der Waals surface area contributed by atoms with E-state index in [2.05, 4.69) is 13.0 Å². The van der Waals surface area contributed by atoms with Crippen LogP contribution in [0.2, 0.25) is 0 Å². The molecule has 0 aromatic carbocycles. The molecule has 0 saturated heterocycles. The highest BCUT2D eigenvalue weighted by molar-refractivity contribution is 7.99. The van der Waals surface area contributed by atoms with E-state index in [1.807, 2.05) is 11.8 Å². The van der Waals surface area contributed by atoms with E-state index in [1.54, 1.807) is 5.57 Å². The van der Waals surface area contributed by atoms with Crippen molar-refractivity contribution in [1.29, 1.82) is 0 Å². The molecule has 2 heteroatoms. The Balaban J connectivity index is 2.28. The lowest BCUT2D eigenvalue weighted by Crippen LogP contribution is -1.92. The van der Waals surface area contributed by atoms with Crippen LogP contribution in [0.1, 0.15) is 39.0 Å². The molecular formula is C11H19ClS. The fourth-order valence-corrected chi connectivity index (χ4v) is 2.70. The molecule has 0 aliphatic heterocycles. The van der Waals surface area contributed by atoms with Gasteiger partial charge in [-0.05, 0) is 37.2 Å². The Morgan fingerprint density at radius 3 is 3.15 bits per heavy atom. The van der Waals surface area contributed by atoms with Gasteiger partial charge >= 0.3 is 0 Å². The Bertz CT molecular complexity index is 165. The first-order valence-corrected chi connectivity index (χ1v) is 6.83. The van der Waals surface area contributed by atoms with Crippen molar-refractivity contribution < 1.29 is 0 Å². The monoisotopic (exact) mass is 218 g/mol. The summed E-state index contributed by atoms with van der Waals surface area (Å²) in [6.45, 7) is 2.22. The lowest BCUT2D eigenvalue weighted by Gasteiger charge is -2.04. The van der Waals surface area contributed by atoms with Crippen molar-refractivity contribution in [3.05, 3.63) is 11.6 Å². The number of halogens is 1. The largest absolute Gasteiger partial charge is 0.162 e. The van der Waals surface area contributed by atoms with Crippen molar-refractivity contribution >= 4 is 23.4 Å². The molecule has 0 nitrogen and oxygen atoms in total. The summed E-state index contributed by atoms with van der Waals surface area (Å²) in [5.41, 5.74) is 1.60. The lowest BCUT2D eigenvalue weighted by atomic mass is 10.1. The quantitative estimate of drug-likeness (QED) is 0.387. The predicted octanol–water partition coefficient (Wildman–Crippen LogP) is 4.24. The molecule has 0 heterocycles. The first-order valence-electron chi connectivity index (χ1n) is 5.24. The van der Waals surface area contributed by atoms with Crippen molar-refractivity contribution in [2.45, 2.75) is 44.4 Å². The van der Waals surface area contributed by atoms with Crippen molar-refractivity contribution in [2.24, 2.45) is 0 Å². The summed E-state index contributed by atoms with van der Waals surface area (Å²) in [5, 5.41) is 0.309. The molecule has 76 valence electrons. The highest BCUT2D eigenvalue weighted by Crippen LogP contribution is 2.24. The van der Waals surface area contributed by atoms with E-state index in [0.717, 1.165) is 0 Å². The number of thioether (sulfide) groups is 1. The van der Waals surface area contributed by atoms with Gasteiger partial charge in [-0.1, -0.05) is 25.0 Å². The van der Waals surface area contributed by atoms with Gasteiger partial charge < -0.3 is 0 Å². The van der Waals surface area contributed by atoms with Gasteiger partial charge in [-0.25, -0.2) is 0 Å². The van der Waals surface area contributed by atoms with Gasteiger partial charge in [0, 0.05) is 0 Å². The van der Waals surface area contributed by atoms with Gasteiger partial charge in [0.15, 0.2) is 0 Å². The van der Waals surface area contributed by atoms with Crippen molar-refractivity contribution in [3.63, 3.8) is 0 Å². The average molecular weight is 219 g/mol. The molecular weight excluding hydrogens is 200 g/mol. The summed E-state index contributed by atoms with van der Waals surface area (Å²) in [4.78, 5) is 0. The van der Waals surface area contributed by atoms with Crippen LogP contribution in [0.5, 0.6) is 0 Å². The molecule has 1 rings (SSSR count). The second-order valence-electron chi connectivity index (χ2n) is 3.53. The first-order chi connectivity index (χ1) is 6.33. The number of rotatable bonds is 4. The van der Waals surface area contributed by atoms with Gasteiger partial charge in [0.25, 0.3) is 0 Å². The number of alkyl halides is 1. The minimum atomic E-state index is 0.309. The first kappa shape index (κ1) is 11.5. The van der Waals surface area contributed by atoms with Crippen molar-refractivity contribution in [2.75, 3.05) is 11.5 Å². The zero-order valence-corrected chi connectivity index (χ0v) is 9.96. The zero-order valence-electron chi connectivity index (χ0n) is 8.39. The Hall–Kier alpha value is 0.380. The smallest absolute Gasteiger partial charge is 0.0518 e. The third kappa shape index (κ3) is 4.97. The molecule has 0 aromatic rings. The second kappa shape index (κ2) is 6.78. The minimum Gasteiger partial charge on any atom is -0.162 e. The fourth-order valence-electron chi connectivity index (χ4n) is 1.67. The fraction of sp³-hybridized carbons (Fsp3) is 0.818. The van der Waals surface area contributed by atoms with Crippen LogP contribution >= 0.6 is 23.4 Å². The summed E-state index contributed by atoms with van der Waals surface area (Å²) >= 11 is 8.17. The van der Waals surface area contributed by atoms with Crippen LogP contribution in [0.25, 0.3) is 0 Å². The summed E-state index contributed by atoms with van der Waals surface area (Å²) in [6, 6.07) is 0. The molecule has 0 saturated carbocycles. The highest BCUT2D eigenvalue weighted by atomic mass is 35.5. The Morgan fingerprint density at radius 1 is 1.54 bits per heavy atom. The van der Waals surface area contributed by atoms with Crippen molar-refractivity contribution in [1.82, 2.24) is 0 Å². The minimum absolute atomic E-state index is 0.309. The van der Waals surface area contributed by atoms with Crippen LogP contribution in [-0.4, -0.2) is 16.9 Å². The molecule has 1 aliphatic rings. The van der Waals surface area contributed by atoms with Crippen LogP contribution in [0, 0.1) is 0 Å². The third-order valence-corrected chi connectivity index (χ3v) is 3.66. The van der Waals surface area contributed by atoms with E-state index in [-0.39, 0.29) is 0 Å². The maximum Gasteiger partial charge on any atom is 0.0518 e. The lowest BCUT2D eigenvalue weighted by molar-refractivity contribution is 0.709. The highest BCUT2D eigenvalue weighted by Gasteiger charge is 2.08. The van der Waals surface area contributed by atoms with Crippen molar-refractivity contribution in [3.8, 4) is 0 Å². The Kier molecular flexibility index (Phi) is 5.97. The van der Waals surface area contributed by atoms with E-state index in [0.29, 0.717) is 5.38 Å². The summed E-state index contributed by atoms with van der Waals surface area (Å²) in [7, 11) is 0. The molecule has 0 bridgehead atoms. The molecule has 0 spiro atoms. The van der Waals surface area contributed by atoms with E-state index in [4.69, 9.17) is 11.6 Å². The molecule has 0 aromatic heterocycles. The third-order valence-electron chi connectivity index (χ3n) is 2.42. The van der Waals surface area contributed by atoms with E-state index in [9.17, 15) is 0 Å².